The molecule has 168 valence electrons. The highest BCUT2D eigenvalue weighted by Crippen LogP contribution is 2.48. The SMILES string of the molecule is CC(=O)C1=NN2c3cc(C)ccc3OC[C@H]2[C@@]1(CCCN1CCOCC1)c1ccccc1. The number of ether oxygens (including phenoxy) is 2. The zero-order valence-electron chi connectivity index (χ0n) is 18.9. The first-order valence-corrected chi connectivity index (χ1v) is 11.6. The third-order valence-corrected chi connectivity index (χ3v) is 7.02. The third kappa shape index (κ3) is 3.61. The maximum absolute atomic E-state index is 13.0. The molecule has 6 heteroatoms. The minimum atomic E-state index is -0.499. The molecule has 0 spiro atoms. The molecule has 3 aliphatic rings. The maximum Gasteiger partial charge on any atom is 0.176 e. The Hall–Kier alpha value is -2.70. The Labute approximate surface area is 189 Å². The molecule has 0 radical (unpaired) electrons. The van der Waals surface area contributed by atoms with E-state index in [0.29, 0.717) is 12.3 Å². The van der Waals surface area contributed by atoms with Crippen molar-refractivity contribution in [3.05, 3.63) is 59.7 Å². The smallest absolute Gasteiger partial charge is 0.176 e. The van der Waals surface area contributed by atoms with Crippen molar-refractivity contribution in [2.45, 2.75) is 38.1 Å². The van der Waals surface area contributed by atoms with E-state index in [1.807, 2.05) is 12.1 Å². The van der Waals surface area contributed by atoms with Gasteiger partial charge in [0.1, 0.15) is 29.8 Å². The highest BCUT2D eigenvalue weighted by Gasteiger charge is 2.55. The number of fused-ring (bicyclic) bond motifs is 3. The average molecular weight is 434 g/mol. The van der Waals surface area contributed by atoms with Gasteiger partial charge in [0.2, 0.25) is 0 Å². The van der Waals surface area contributed by atoms with Crippen LogP contribution in [0, 0.1) is 6.92 Å². The number of ketones is 1. The number of rotatable bonds is 6. The summed E-state index contributed by atoms with van der Waals surface area (Å²) in [5, 5.41) is 7.03. The van der Waals surface area contributed by atoms with E-state index in [2.05, 4.69) is 53.2 Å². The fraction of sp³-hybridized carbons (Fsp3) is 0.462. The van der Waals surface area contributed by atoms with E-state index in [1.54, 1.807) is 6.92 Å². The molecule has 6 nitrogen and oxygen atoms in total. The van der Waals surface area contributed by atoms with Crippen molar-refractivity contribution < 1.29 is 14.3 Å². The van der Waals surface area contributed by atoms with Crippen molar-refractivity contribution >= 4 is 17.2 Å². The molecule has 2 aromatic rings. The zero-order valence-corrected chi connectivity index (χ0v) is 18.9. The molecule has 1 fully saturated rings. The van der Waals surface area contributed by atoms with Gasteiger partial charge < -0.3 is 9.47 Å². The van der Waals surface area contributed by atoms with Gasteiger partial charge in [-0.2, -0.15) is 5.10 Å². The minimum absolute atomic E-state index is 0.0313. The van der Waals surface area contributed by atoms with E-state index in [1.165, 1.54) is 0 Å². The number of morpholine rings is 1. The van der Waals surface area contributed by atoms with E-state index in [0.717, 1.165) is 68.3 Å². The summed E-state index contributed by atoms with van der Waals surface area (Å²) in [4.78, 5) is 15.5. The number of anilines is 1. The average Bonchev–Trinajstić information content (AvgIpc) is 3.16. The third-order valence-electron chi connectivity index (χ3n) is 7.02. The zero-order chi connectivity index (χ0) is 22.1. The molecule has 2 atom stereocenters. The molecule has 0 saturated carbocycles. The molecule has 3 aliphatic heterocycles. The van der Waals surface area contributed by atoms with Crippen molar-refractivity contribution in [1.29, 1.82) is 0 Å². The lowest BCUT2D eigenvalue weighted by molar-refractivity contribution is -0.111. The van der Waals surface area contributed by atoms with E-state index in [-0.39, 0.29) is 11.8 Å². The number of benzene rings is 2. The largest absolute Gasteiger partial charge is 0.489 e. The van der Waals surface area contributed by atoms with Gasteiger partial charge in [0, 0.05) is 20.0 Å². The van der Waals surface area contributed by atoms with E-state index in [4.69, 9.17) is 14.6 Å². The van der Waals surface area contributed by atoms with Crippen LogP contribution >= 0.6 is 0 Å². The van der Waals surface area contributed by atoms with Crippen LogP contribution in [0.1, 0.15) is 30.9 Å². The van der Waals surface area contributed by atoms with Gasteiger partial charge in [-0.15, -0.1) is 0 Å². The summed E-state index contributed by atoms with van der Waals surface area (Å²) in [5.74, 6) is 0.861. The van der Waals surface area contributed by atoms with Crippen LogP contribution < -0.4 is 9.75 Å². The summed E-state index contributed by atoms with van der Waals surface area (Å²) in [5.41, 5.74) is 3.39. The summed E-state index contributed by atoms with van der Waals surface area (Å²) in [6.07, 6.45) is 1.82. The first-order chi connectivity index (χ1) is 15.6. The Bertz CT molecular complexity index is 1020. The summed E-state index contributed by atoms with van der Waals surface area (Å²) < 4.78 is 11.7. The van der Waals surface area contributed by atoms with Crippen LogP contribution in [0.25, 0.3) is 0 Å². The highest BCUT2D eigenvalue weighted by atomic mass is 16.5. The molecule has 0 aliphatic carbocycles. The van der Waals surface area contributed by atoms with Gasteiger partial charge in [0.05, 0.1) is 18.6 Å². The van der Waals surface area contributed by atoms with Crippen LogP contribution in [0.3, 0.4) is 0 Å². The molecule has 5 rings (SSSR count). The standard InChI is InChI=1S/C26H31N3O3/c1-19-9-10-23-22(17-19)29-24(18-32-23)26(25(27-29)20(2)30,21-7-4-3-5-8-21)11-6-12-28-13-15-31-16-14-28/h3-5,7-10,17,24H,6,11-16,18H2,1-2H3/t24-,26+/m0/s1. The van der Waals surface area contributed by atoms with Crippen LogP contribution in [0.5, 0.6) is 5.75 Å². The molecule has 0 N–H and O–H groups in total. The number of hydrazone groups is 1. The number of hydrogen-bond acceptors (Lipinski definition) is 6. The monoisotopic (exact) mass is 433 g/mol. The lowest BCUT2D eigenvalue weighted by Gasteiger charge is -2.42. The Balaban J connectivity index is 1.54. The van der Waals surface area contributed by atoms with Crippen LogP contribution in [-0.4, -0.2) is 61.9 Å². The molecular weight excluding hydrogens is 402 g/mol. The van der Waals surface area contributed by atoms with Crippen LogP contribution in [0.4, 0.5) is 5.69 Å². The van der Waals surface area contributed by atoms with E-state index >= 15 is 0 Å². The molecule has 0 bridgehead atoms. The van der Waals surface area contributed by atoms with E-state index < -0.39 is 5.41 Å². The fourth-order valence-corrected chi connectivity index (χ4v) is 5.45. The highest BCUT2D eigenvalue weighted by molar-refractivity contribution is 6.43. The molecular formula is C26H31N3O3. The molecule has 3 heterocycles. The fourth-order valence-electron chi connectivity index (χ4n) is 5.45. The molecule has 0 amide bonds. The van der Waals surface area contributed by atoms with Gasteiger partial charge in [0.25, 0.3) is 0 Å². The number of carbonyl (C=O) groups excluding carboxylic acids is 1. The molecule has 0 aromatic heterocycles. The van der Waals surface area contributed by atoms with Crippen molar-refractivity contribution in [2.75, 3.05) is 44.5 Å². The predicted octanol–water partition coefficient (Wildman–Crippen LogP) is 3.57. The molecule has 1 saturated heterocycles. The number of carbonyl (C=O) groups is 1. The van der Waals surface area contributed by atoms with E-state index in [9.17, 15) is 4.79 Å². The molecule has 32 heavy (non-hydrogen) atoms. The number of Topliss-reactive ketones (excluding diaryl/α,β-unsaturated/α-hetero) is 1. The summed E-state index contributed by atoms with van der Waals surface area (Å²) in [6, 6.07) is 16.5. The maximum atomic E-state index is 13.0. The van der Waals surface area contributed by atoms with Gasteiger partial charge in [0.15, 0.2) is 5.78 Å². The second kappa shape index (κ2) is 8.68. The van der Waals surface area contributed by atoms with Gasteiger partial charge >= 0.3 is 0 Å². The van der Waals surface area contributed by atoms with Gasteiger partial charge in [-0.05, 0) is 49.6 Å². The first-order valence-electron chi connectivity index (χ1n) is 11.6. The van der Waals surface area contributed by atoms with Crippen molar-refractivity contribution in [2.24, 2.45) is 5.10 Å². The topological polar surface area (TPSA) is 54.4 Å². The van der Waals surface area contributed by atoms with Gasteiger partial charge in [-0.3, -0.25) is 14.7 Å². The lowest BCUT2D eigenvalue weighted by atomic mass is 9.67. The Morgan fingerprint density at radius 3 is 2.69 bits per heavy atom. The summed E-state index contributed by atoms with van der Waals surface area (Å²) in [7, 11) is 0. The number of aryl methyl sites for hydroxylation is 1. The van der Waals surface area contributed by atoms with Crippen LogP contribution in [0.15, 0.2) is 53.6 Å². The summed E-state index contributed by atoms with van der Waals surface area (Å²) in [6.45, 7) is 8.75. The second-order valence-electron chi connectivity index (χ2n) is 9.04. The normalized spacial score (nSPS) is 25.0. The van der Waals surface area contributed by atoms with Crippen molar-refractivity contribution in [3.8, 4) is 5.75 Å². The Kier molecular flexibility index (Phi) is 5.74. The van der Waals surface area contributed by atoms with Gasteiger partial charge in [-0.25, -0.2) is 0 Å². The second-order valence-corrected chi connectivity index (χ2v) is 9.04. The Morgan fingerprint density at radius 1 is 1.16 bits per heavy atom. The Morgan fingerprint density at radius 2 is 1.94 bits per heavy atom. The molecule has 2 aromatic carbocycles. The lowest BCUT2D eigenvalue weighted by Crippen LogP contribution is -2.54. The molecule has 0 unspecified atom stereocenters. The first kappa shape index (κ1) is 21.2. The summed E-state index contributed by atoms with van der Waals surface area (Å²) >= 11 is 0. The van der Waals surface area contributed by atoms with Crippen LogP contribution in [0.2, 0.25) is 0 Å². The van der Waals surface area contributed by atoms with Crippen molar-refractivity contribution in [3.63, 3.8) is 0 Å². The number of nitrogens with zero attached hydrogens (tertiary/aromatic N) is 3. The van der Waals surface area contributed by atoms with Gasteiger partial charge in [-0.1, -0.05) is 36.4 Å². The predicted molar refractivity (Wildman–Crippen MR) is 126 cm³/mol. The van der Waals surface area contributed by atoms with Crippen LogP contribution in [-0.2, 0) is 14.9 Å². The minimum Gasteiger partial charge on any atom is -0.489 e. The quantitative estimate of drug-likeness (QED) is 0.697. The number of hydrogen-bond donors (Lipinski definition) is 0. The van der Waals surface area contributed by atoms with Crippen molar-refractivity contribution in [1.82, 2.24) is 4.90 Å².